The summed E-state index contributed by atoms with van der Waals surface area (Å²) < 4.78 is 90.7. The van der Waals surface area contributed by atoms with Gasteiger partial charge in [0.25, 0.3) is 0 Å². The normalized spacial score (nSPS) is 26.7. The summed E-state index contributed by atoms with van der Waals surface area (Å²) in [6.07, 6.45) is 1.41. The molecule has 2 unspecified atom stereocenters. The van der Waals surface area contributed by atoms with Gasteiger partial charge in [0.15, 0.2) is 12.6 Å². The predicted molar refractivity (Wildman–Crippen MR) is 198 cm³/mol. The maximum Gasteiger partial charge on any atom is 0.410 e. The molecule has 4 aliphatic rings. The second kappa shape index (κ2) is 13.8. The molecule has 1 amide bonds. The van der Waals surface area contributed by atoms with Gasteiger partial charge in [0.2, 0.25) is 0 Å². The summed E-state index contributed by atoms with van der Waals surface area (Å²) in [5.74, 6) is -0.114. The zero-order chi connectivity index (χ0) is 40.7. The number of hydrogen-bond donors (Lipinski definition) is 0. The molecule has 2 aromatic carbocycles. The molecule has 0 radical (unpaired) electrons. The first-order chi connectivity index (χ1) is 26.9. The van der Waals surface area contributed by atoms with Gasteiger partial charge in [0, 0.05) is 47.7 Å². The van der Waals surface area contributed by atoms with E-state index in [0.717, 1.165) is 16.3 Å². The zero-order valence-corrected chi connectivity index (χ0v) is 30.7. The number of piperazine rings is 1. The van der Waals surface area contributed by atoms with E-state index in [1.54, 1.807) is 11.0 Å². The lowest BCUT2D eigenvalue weighted by molar-refractivity contribution is 0.0122. The highest BCUT2D eigenvalue weighted by molar-refractivity contribution is 6.01. The molecule has 4 aromatic rings. The summed E-state index contributed by atoms with van der Waals surface area (Å²) in [4.78, 5) is 32.2. The number of nitrogens with zero attached hydrogens (tertiary/aromatic N) is 6. The molecule has 0 spiro atoms. The van der Waals surface area contributed by atoms with Crippen molar-refractivity contribution in [2.24, 2.45) is 0 Å². The van der Waals surface area contributed by atoms with E-state index in [0.29, 0.717) is 43.7 Å². The van der Waals surface area contributed by atoms with Gasteiger partial charge >= 0.3 is 12.1 Å². The van der Waals surface area contributed by atoms with E-state index in [4.69, 9.17) is 31.7 Å². The number of amides is 1. The quantitative estimate of drug-likeness (QED) is 0.166. The van der Waals surface area contributed by atoms with Gasteiger partial charge in [0.05, 0.1) is 25.8 Å². The lowest BCUT2D eigenvalue weighted by atomic mass is 9.95. The highest BCUT2D eigenvalue weighted by atomic mass is 19.1. The number of anilines is 1. The van der Waals surface area contributed by atoms with Crippen LogP contribution in [0.25, 0.3) is 32.9 Å². The maximum atomic E-state index is 17.5. The van der Waals surface area contributed by atoms with Crippen molar-refractivity contribution in [1.29, 1.82) is 0 Å². The van der Waals surface area contributed by atoms with Gasteiger partial charge in [-0.3, -0.25) is 14.8 Å². The van der Waals surface area contributed by atoms with Crippen molar-refractivity contribution in [3.8, 4) is 23.0 Å². The van der Waals surface area contributed by atoms with E-state index in [1.165, 1.54) is 18.2 Å². The van der Waals surface area contributed by atoms with Crippen LogP contribution in [-0.4, -0.2) is 107 Å². The van der Waals surface area contributed by atoms with Crippen LogP contribution >= 0.6 is 0 Å². The topological polar surface area (TPSA) is 102 Å². The maximum absolute atomic E-state index is 17.5. The summed E-state index contributed by atoms with van der Waals surface area (Å²) in [7, 11) is 1.51. The van der Waals surface area contributed by atoms with Crippen molar-refractivity contribution in [1.82, 2.24) is 24.8 Å². The molecule has 6 heterocycles. The lowest BCUT2D eigenvalue weighted by Crippen LogP contribution is -2.57. The van der Waals surface area contributed by atoms with Crippen LogP contribution in [0.15, 0.2) is 36.5 Å². The van der Waals surface area contributed by atoms with Crippen molar-refractivity contribution >= 4 is 33.6 Å². The molecule has 2 aromatic heterocycles. The van der Waals surface area contributed by atoms with Crippen LogP contribution in [0.3, 0.4) is 0 Å². The number of fused-ring (bicyclic) bond motifs is 5. The summed E-state index contributed by atoms with van der Waals surface area (Å²) in [6, 6.07) is 8.41. The SMILES string of the molecule is [2H]C1([2H])CC[C@@]2(C([2H])([2H])Oc3nc(N4CC5CCC(C4)N5C(=O)OC(C)(C)C)c4cnc(-c5cc(OCOC)cc6cccc(CC)c56)c(F)c4n3)C[C@@H](F)CN12. The molecule has 4 aliphatic heterocycles. The Morgan fingerprint density at radius 3 is 2.66 bits per heavy atom. The van der Waals surface area contributed by atoms with Gasteiger partial charge in [-0.05, 0) is 87.8 Å². The summed E-state index contributed by atoms with van der Waals surface area (Å²) in [6.45, 7) is 3.17. The fourth-order valence-corrected chi connectivity index (χ4v) is 8.41. The van der Waals surface area contributed by atoms with Gasteiger partial charge in [-0.1, -0.05) is 25.1 Å². The number of hydrogen-bond acceptors (Lipinski definition) is 10. The van der Waals surface area contributed by atoms with Gasteiger partial charge in [-0.2, -0.15) is 9.97 Å². The van der Waals surface area contributed by atoms with Crippen LogP contribution in [0.1, 0.15) is 70.8 Å². The van der Waals surface area contributed by atoms with E-state index in [1.807, 2.05) is 56.9 Å². The van der Waals surface area contributed by atoms with Crippen molar-refractivity contribution in [3.63, 3.8) is 0 Å². The number of ether oxygens (including phenoxy) is 4. The number of carbonyl (C=O) groups is 1. The fraction of sp³-hybridized carbons (Fsp3) is 0.550. The van der Waals surface area contributed by atoms with Gasteiger partial charge in [-0.15, -0.1) is 0 Å². The van der Waals surface area contributed by atoms with Crippen molar-refractivity contribution in [3.05, 3.63) is 47.9 Å². The minimum atomic E-state index is -2.68. The van der Waals surface area contributed by atoms with Gasteiger partial charge in [-0.25, -0.2) is 13.6 Å². The molecule has 0 saturated carbocycles. The zero-order valence-electron chi connectivity index (χ0n) is 34.7. The molecule has 4 fully saturated rings. The molecular weight excluding hydrogens is 682 g/mol. The Morgan fingerprint density at radius 2 is 1.92 bits per heavy atom. The number of pyridine rings is 1. The number of aromatic nitrogens is 3. The molecule has 13 heteroatoms. The first kappa shape index (κ1) is 31.0. The number of aryl methyl sites for hydroxylation is 1. The first-order valence-corrected chi connectivity index (χ1v) is 18.4. The number of rotatable bonds is 9. The van der Waals surface area contributed by atoms with Crippen molar-refractivity contribution in [2.45, 2.75) is 95.6 Å². The molecule has 0 N–H and O–H groups in total. The van der Waals surface area contributed by atoms with Crippen molar-refractivity contribution in [2.75, 3.05) is 51.5 Å². The van der Waals surface area contributed by atoms with E-state index >= 15 is 8.78 Å². The molecule has 2 bridgehead atoms. The molecule has 0 aliphatic carbocycles. The van der Waals surface area contributed by atoms with Crippen LogP contribution in [0, 0.1) is 5.82 Å². The Hall–Kier alpha value is -4.36. The number of carbonyl (C=O) groups excluding carboxylic acids is 1. The Morgan fingerprint density at radius 1 is 1.13 bits per heavy atom. The number of halogens is 2. The van der Waals surface area contributed by atoms with Gasteiger partial charge in [0.1, 0.15) is 41.1 Å². The van der Waals surface area contributed by atoms with Crippen LogP contribution in [0.4, 0.5) is 19.4 Å². The van der Waals surface area contributed by atoms with Gasteiger partial charge < -0.3 is 23.8 Å². The monoisotopic (exact) mass is 734 g/mol. The van der Waals surface area contributed by atoms with Crippen LogP contribution in [-0.2, 0) is 15.9 Å². The third-order valence-corrected chi connectivity index (χ3v) is 10.7. The fourth-order valence-electron chi connectivity index (χ4n) is 8.41. The van der Waals surface area contributed by atoms with Crippen LogP contribution in [0.5, 0.6) is 11.8 Å². The second-order valence-electron chi connectivity index (χ2n) is 15.4. The van der Waals surface area contributed by atoms with E-state index in [-0.39, 0.29) is 67.1 Å². The third kappa shape index (κ3) is 6.60. The Labute approximate surface area is 314 Å². The summed E-state index contributed by atoms with van der Waals surface area (Å²) in [5, 5.41) is 1.84. The molecule has 8 rings (SSSR count). The Bertz CT molecular complexity index is 2220. The summed E-state index contributed by atoms with van der Waals surface area (Å²) >= 11 is 0. The molecule has 11 nitrogen and oxygen atoms in total. The predicted octanol–water partition coefficient (Wildman–Crippen LogP) is 7.07. The van der Waals surface area contributed by atoms with Crippen molar-refractivity contribution < 1.29 is 38.0 Å². The molecular formula is C40H48F2N6O5. The average molecular weight is 735 g/mol. The standard InChI is InChI=1S/C40H48F2N6O5/c1-6-24-9-7-10-25-15-29(52-23-50-5)16-30(32(24)25)34-33(42)35-31(18-43-34)36(45-37(44-35)51-22-40-13-8-14-47(40)19-26(41)17-40)46-20-27-11-12-28(21-46)48(27)38(49)53-39(2,3)4/h7,9-10,15-16,18,26-28H,6,8,11-14,17,19-23H2,1-5H3/t26-,27?,28?,40+/m1/s1/i14D2,22D2. The smallest absolute Gasteiger partial charge is 0.410 e. The minimum absolute atomic E-state index is 0.000587. The summed E-state index contributed by atoms with van der Waals surface area (Å²) in [5.41, 5.74) is -1.10. The molecule has 4 atom stereocenters. The number of benzene rings is 2. The molecule has 53 heavy (non-hydrogen) atoms. The van der Waals surface area contributed by atoms with Crippen LogP contribution in [0.2, 0.25) is 0 Å². The number of methoxy groups -OCH3 is 1. The average Bonchev–Trinajstić information content (AvgIpc) is 3.74. The van der Waals surface area contributed by atoms with E-state index in [9.17, 15) is 7.54 Å². The Balaban J connectivity index is 1.27. The third-order valence-electron chi connectivity index (χ3n) is 10.7. The molecule has 4 saturated heterocycles. The number of alkyl halides is 1. The minimum Gasteiger partial charge on any atom is -0.468 e. The van der Waals surface area contributed by atoms with Crippen LogP contribution < -0.4 is 14.4 Å². The molecule has 282 valence electrons. The van der Waals surface area contributed by atoms with E-state index in [2.05, 4.69) is 4.98 Å². The largest absolute Gasteiger partial charge is 0.468 e. The first-order valence-electron chi connectivity index (χ1n) is 20.4. The Kier molecular flexibility index (Phi) is 8.08. The highest BCUT2D eigenvalue weighted by Gasteiger charge is 2.50. The second-order valence-corrected chi connectivity index (χ2v) is 15.4. The van der Waals surface area contributed by atoms with E-state index < -0.39 is 48.3 Å². The lowest BCUT2D eigenvalue weighted by Gasteiger charge is -2.42. The highest BCUT2D eigenvalue weighted by Crippen LogP contribution is 2.43.